The monoisotopic (exact) mass is 588 g/mol. The third-order valence-corrected chi connectivity index (χ3v) is 9.27. The summed E-state index contributed by atoms with van der Waals surface area (Å²) in [5.74, 6) is -0.229. The number of aliphatic hydroxyl groups is 1. The van der Waals surface area contributed by atoms with Crippen LogP contribution in [0.5, 0.6) is 5.75 Å². The second kappa shape index (κ2) is 13.4. The Labute approximate surface area is 236 Å². The lowest BCUT2D eigenvalue weighted by atomic mass is 10.00. The van der Waals surface area contributed by atoms with E-state index in [1.165, 1.54) is 41.7 Å². The summed E-state index contributed by atoms with van der Waals surface area (Å²) in [6.45, 7) is 3.58. The number of sulfonamides is 1. The van der Waals surface area contributed by atoms with Crippen molar-refractivity contribution >= 4 is 25.8 Å². The lowest BCUT2D eigenvalue weighted by Gasteiger charge is -2.31. The first-order valence-corrected chi connectivity index (χ1v) is 16.1. The maximum Gasteiger partial charge on any atom is 0.252 e. The number of hydrogen-bond donors (Lipinski definition) is 2. The molecule has 2 atom stereocenters. The van der Waals surface area contributed by atoms with E-state index in [0.29, 0.717) is 5.75 Å². The molecule has 0 saturated carbocycles. The van der Waals surface area contributed by atoms with Crippen molar-refractivity contribution < 1.29 is 31.5 Å². The van der Waals surface area contributed by atoms with Crippen molar-refractivity contribution in [3.63, 3.8) is 0 Å². The number of amides is 1. The van der Waals surface area contributed by atoms with E-state index in [1.54, 1.807) is 18.2 Å². The van der Waals surface area contributed by atoms with Crippen LogP contribution in [-0.4, -0.2) is 70.8 Å². The van der Waals surface area contributed by atoms with Crippen LogP contribution in [0, 0.1) is 5.92 Å². The average Bonchev–Trinajstić information content (AvgIpc) is 2.92. The molecule has 0 bridgehead atoms. The second-order valence-electron chi connectivity index (χ2n) is 10.00. The van der Waals surface area contributed by atoms with Gasteiger partial charge in [0.15, 0.2) is 9.84 Å². The molecule has 216 valence electrons. The summed E-state index contributed by atoms with van der Waals surface area (Å²) in [6.07, 6.45) is -0.114. The maximum absolute atomic E-state index is 13.6. The van der Waals surface area contributed by atoms with Gasteiger partial charge in [0, 0.05) is 19.3 Å². The van der Waals surface area contributed by atoms with E-state index in [4.69, 9.17) is 4.74 Å². The van der Waals surface area contributed by atoms with Gasteiger partial charge < -0.3 is 15.2 Å². The van der Waals surface area contributed by atoms with Crippen molar-refractivity contribution in [2.24, 2.45) is 5.92 Å². The molecule has 2 N–H and O–H groups in total. The molecule has 0 aliphatic carbocycles. The average molecular weight is 589 g/mol. The van der Waals surface area contributed by atoms with Gasteiger partial charge >= 0.3 is 0 Å². The molecule has 9 nitrogen and oxygen atoms in total. The number of sulfone groups is 1. The summed E-state index contributed by atoms with van der Waals surface area (Å²) < 4.78 is 58.1. The number of nitrogens with one attached hydrogen (secondary N) is 1. The van der Waals surface area contributed by atoms with Crippen molar-refractivity contribution in [1.29, 1.82) is 0 Å². The molecule has 3 aromatic carbocycles. The largest absolute Gasteiger partial charge is 0.497 e. The number of nitrogens with zero attached hydrogens (tertiary/aromatic N) is 1. The van der Waals surface area contributed by atoms with Gasteiger partial charge in [-0.3, -0.25) is 4.79 Å². The molecule has 40 heavy (non-hydrogen) atoms. The number of aliphatic hydroxyl groups excluding tert-OH is 1. The van der Waals surface area contributed by atoms with E-state index in [1.807, 2.05) is 44.2 Å². The van der Waals surface area contributed by atoms with Crippen LogP contribution in [0.4, 0.5) is 0 Å². The Kier molecular flexibility index (Phi) is 10.5. The number of rotatable bonds is 13. The zero-order valence-corrected chi connectivity index (χ0v) is 24.7. The van der Waals surface area contributed by atoms with Crippen LogP contribution in [0.2, 0.25) is 0 Å². The minimum Gasteiger partial charge on any atom is -0.497 e. The molecule has 3 rings (SSSR count). The Morgan fingerprint density at radius 1 is 0.900 bits per heavy atom. The van der Waals surface area contributed by atoms with Crippen LogP contribution in [0.1, 0.15) is 29.8 Å². The van der Waals surface area contributed by atoms with Crippen LogP contribution < -0.4 is 10.1 Å². The third kappa shape index (κ3) is 8.14. The van der Waals surface area contributed by atoms with Crippen molar-refractivity contribution in [1.82, 2.24) is 9.62 Å². The van der Waals surface area contributed by atoms with Gasteiger partial charge in [-0.1, -0.05) is 56.3 Å². The highest BCUT2D eigenvalue weighted by atomic mass is 32.2. The van der Waals surface area contributed by atoms with E-state index in [0.717, 1.165) is 11.8 Å². The number of carbonyl (C=O) groups excluding carboxylic acids is 1. The quantitative estimate of drug-likeness (QED) is 0.314. The van der Waals surface area contributed by atoms with E-state index < -0.39 is 37.9 Å². The summed E-state index contributed by atoms with van der Waals surface area (Å²) >= 11 is 0. The van der Waals surface area contributed by atoms with Crippen LogP contribution in [-0.2, 0) is 26.3 Å². The summed E-state index contributed by atoms with van der Waals surface area (Å²) in [7, 11) is -6.22. The smallest absolute Gasteiger partial charge is 0.252 e. The maximum atomic E-state index is 13.6. The number of carbonyl (C=O) groups is 1. The van der Waals surface area contributed by atoms with Gasteiger partial charge in [0.1, 0.15) is 5.75 Å². The lowest BCUT2D eigenvalue weighted by Crippen LogP contribution is -2.51. The predicted octanol–water partition coefficient (Wildman–Crippen LogP) is 3.15. The fourth-order valence-electron chi connectivity index (χ4n) is 4.29. The molecule has 0 aromatic heterocycles. The molecular weight excluding hydrogens is 552 g/mol. The lowest BCUT2D eigenvalue weighted by molar-refractivity contribution is 0.0773. The van der Waals surface area contributed by atoms with E-state index in [-0.39, 0.29) is 40.8 Å². The molecule has 3 aromatic rings. The molecule has 0 unspecified atom stereocenters. The molecule has 0 aliphatic heterocycles. The summed E-state index contributed by atoms with van der Waals surface area (Å²) in [4.78, 5) is 13.2. The number of hydrogen-bond acceptors (Lipinski definition) is 7. The van der Waals surface area contributed by atoms with Gasteiger partial charge in [0.25, 0.3) is 5.91 Å². The van der Waals surface area contributed by atoms with Crippen molar-refractivity contribution in [2.45, 2.75) is 42.2 Å². The highest BCUT2D eigenvalue weighted by Crippen LogP contribution is 2.22. The molecular formula is C29H36N2O7S2. The summed E-state index contributed by atoms with van der Waals surface area (Å²) in [6, 6.07) is 20.0. The Balaban J connectivity index is 1.94. The SMILES string of the molecule is COc1ccc(S(=O)(=O)N(CC(C)C)C[C@@H](O)[C@H](Cc2ccccc2)NC(=O)c2ccccc2S(C)(=O)=O)cc1. The number of ether oxygens (including phenoxy) is 1. The minimum absolute atomic E-state index is 0.0480. The Morgan fingerprint density at radius 2 is 1.50 bits per heavy atom. The third-order valence-electron chi connectivity index (χ3n) is 6.27. The Bertz CT molecular complexity index is 1490. The summed E-state index contributed by atoms with van der Waals surface area (Å²) in [5, 5.41) is 14.2. The van der Waals surface area contributed by atoms with Crippen LogP contribution >= 0.6 is 0 Å². The first-order chi connectivity index (χ1) is 18.8. The zero-order valence-electron chi connectivity index (χ0n) is 23.0. The van der Waals surface area contributed by atoms with Crippen LogP contribution in [0.3, 0.4) is 0 Å². The molecule has 1 amide bonds. The van der Waals surface area contributed by atoms with Crippen LogP contribution in [0.15, 0.2) is 88.7 Å². The Hall–Kier alpha value is -3.25. The molecule has 0 saturated heterocycles. The van der Waals surface area contributed by atoms with Gasteiger partial charge in [-0.05, 0) is 54.3 Å². The first-order valence-electron chi connectivity index (χ1n) is 12.8. The standard InChI is InChI=1S/C29H36N2O7S2/c1-21(2)19-31(40(36,37)24-16-14-23(38-3)15-17-24)20-27(32)26(18-22-10-6-5-7-11-22)30-29(33)25-12-8-9-13-28(25)39(4,34)35/h5-17,21,26-27,32H,18-20H2,1-4H3,(H,30,33)/t26-,27+/m0/s1. The van der Waals surface area contributed by atoms with Gasteiger partial charge in [-0.25, -0.2) is 16.8 Å². The predicted molar refractivity (Wildman–Crippen MR) is 154 cm³/mol. The molecule has 0 heterocycles. The Morgan fingerprint density at radius 3 is 2.08 bits per heavy atom. The van der Waals surface area contributed by atoms with Gasteiger partial charge in [-0.2, -0.15) is 4.31 Å². The first kappa shape index (κ1) is 31.3. The van der Waals surface area contributed by atoms with Crippen molar-refractivity contribution in [3.05, 3.63) is 90.0 Å². The molecule has 11 heteroatoms. The van der Waals surface area contributed by atoms with E-state index in [2.05, 4.69) is 5.32 Å². The minimum atomic E-state index is -4.00. The highest BCUT2D eigenvalue weighted by Gasteiger charge is 2.32. The molecule has 0 aliphatic rings. The summed E-state index contributed by atoms with van der Waals surface area (Å²) in [5.41, 5.74) is 0.747. The van der Waals surface area contributed by atoms with Gasteiger partial charge in [0.2, 0.25) is 10.0 Å². The zero-order chi connectivity index (χ0) is 29.5. The van der Waals surface area contributed by atoms with E-state index in [9.17, 15) is 26.7 Å². The number of benzene rings is 3. The van der Waals surface area contributed by atoms with Crippen molar-refractivity contribution in [2.75, 3.05) is 26.5 Å². The second-order valence-corrected chi connectivity index (χ2v) is 13.9. The van der Waals surface area contributed by atoms with E-state index >= 15 is 0 Å². The van der Waals surface area contributed by atoms with Crippen molar-refractivity contribution in [3.8, 4) is 5.75 Å². The molecule has 0 radical (unpaired) electrons. The molecule has 0 fully saturated rings. The van der Waals surface area contributed by atoms with Gasteiger partial charge in [-0.15, -0.1) is 0 Å². The van der Waals surface area contributed by atoms with Gasteiger partial charge in [0.05, 0.1) is 34.6 Å². The topological polar surface area (TPSA) is 130 Å². The highest BCUT2D eigenvalue weighted by molar-refractivity contribution is 7.90. The fourth-order valence-corrected chi connectivity index (χ4v) is 6.79. The number of methoxy groups -OCH3 is 1. The molecule has 0 spiro atoms. The van der Waals surface area contributed by atoms with Crippen LogP contribution in [0.25, 0.3) is 0 Å². The fraction of sp³-hybridized carbons (Fsp3) is 0.345. The normalized spacial score (nSPS) is 13.7.